The number of fused-ring (bicyclic) bond motifs is 1. The number of aromatic hydroxyl groups is 2. The van der Waals surface area contributed by atoms with Crippen molar-refractivity contribution in [2.45, 2.75) is 19.3 Å². The van der Waals surface area contributed by atoms with Crippen molar-refractivity contribution in [3.8, 4) is 34.5 Å². The first-order valence-electron chi connectivity index (χ1n) is 9.14. The van der Waals surface area contributed by atoms with Gasteiger partial charge < -0.3 is 29.2 Å². The molecule has 0 spiro atoms. The van der Waals surface area contributed by atoms with Crippen molar-refractivity contribution in [3.05, 3.63) is 41.0 Å². The Labute approximate surface area is 169 Å². The topological polar surface area (TPSA) is 94.5 Å². The Morgan fingerprint density at radius 2 is 1.59 bits per heavy atom. The van der Waals surface area contributed by atoms with E-state index < -0.39 is 17.3 Å². The summed E-state index contributed by atoms with van der Waals surface area (Å²) in [4.78, 5) is 13.3. The van der Waals surface area contributed by atoms with E-state index in [1.807, 2.05) is 6.08 Å². The van der Waals surface area contributed by atoms with Gasteiger partial charge in [-0.15, -0.1) is 0 Å². The quantitative estimate of drug-likeness (QED) is 0.563. The van der Waals surface area contributed by atoms with Crippen molar-refractivity contribution in [1.82, 2.24) is 0 Å². The lowest BCUT2D eigenvalue weighted by Gasteiger charge is -2.20. The SMILES string of the molecule is COc1ccc(C(=O)C2=CCCCc3c2cc(OC)c(OC)c3OC)c(O)c1O. The first-order chi connectivity index (χ1) is 14.0. The highest BCUT2D eigenvalue weighted by atomic mass is 16.5. The van der Waals surface area contributed by atoms with Crippen LogP contribution in [0.25, 0.3) is 5.57 Å². The van der Waals surface area contributed by atoms with Gasteiger partial charge in [0.25, 0.3) is 0 Å². The number of ether oxygens (including phenoxy) is 4. The van der Waals surface area contributed by atoms with Crippen LogP contribution in [0.15, 0.2) is 24.3 Å². The number of phenols is 2. The average Bonchev–Trinajstić information content (AvgIpc) is 2.95. The minimum atomic E-state index is -0.520. The fraction of sp³-hybridized carbons (Fsp3) is 0.318. The van der Waals surface area contributed by atoms with Gasteiger partial charge >= 0.3 is 0 Å². The maximum atomic E-state index is 13.3. The number of ketones is 1. The van der Waals surface area contributed by atoms with Gasteiger partial charge in [-0.3, -0.25) is 4.79 Å². The molecule has 0 fully saturated rings. The van der Waals surface area contributed by atoms with Crippen molar-refractivity contribution >= 4 is 11.4 Å². The number of methoxy groups -OCH3 is 4. The molecule has 0 heterocycles. The molecule has 7 nitrogen and oxygen atoms in total. The lowest BCUT2D eigenvalue weighted by molar-refractivity contribution is 0.105. The van der Waals surface area contributed by atoms with Gasteiger partial charge in [-0.25, -0.2) is 0 Å². The number of allylic oxidation sites excluding steroid dienone is 2. The molecule has 0 aliphatic heterocycles. The Morgan fingerprint density at radius 3 is 2.21 bits per heavy atom. The van der Waals surface area contributed by atoms with Gasteiger partial charge in [-0.2, -0.15) is 0 Å². The average molecular weight is 400 g/mol. The van der Waals surface area contributed by atoms with Gasteiger partial charge in [0, 0.05) is 11.1 Å². The van der Waals surface area contributed by atoms with Crippen LogP contribution in [0.5, 0.6) is 34.5 Å². The summed E-state index contributed by atoms with van der Waals surface area (Å²) >= 11 is 0. The van der Waals surface area contributed by atoms with Crippen molar-refractivity contribution in [1.29, 1.82) is 0 Å². The number of hydrogen-bond donors (Lipinski definition) is 2. The number of Topliss-reactive ketones (excluding diaryl/α,β-unsaturated/α-hetero) is 1. The van der Waals surface area contributed by atoms with E-state index in [1.54, 1.807) is 13.2 Å². The third-order valence-electron chi connectivity index (χ3n) is 5.03. The molecular weight excluding hydrogens is 376 g/mol. The molecule has 0 aromatic heterocycles. The van der Waals surface area contributed by atoms with Crippen molar-refractivity contribution < 1.29 is 34.0 Å². The van der Waals surface area contributed by atoms with Gasteiger partial charge in [0.15, 0.2) is 28.8 Å². The number of hydrogen-bond acceptors (Lipinski definition) is 7. The van der Waals surface area contributed by atoms with Crippen LogP contribution < -0.4 is 18.9 Å². The maximum absolute atomic E-state index is 13.3. The summed E-state index contributed by atoms with van der Waals surface area (Å²) in [6.07, 6.45) is 4.01. The van der Waals surface area contributed by atoms with Gasteiger partial charge in [-0.1, -0.05) is 6.08 Å². The zero-order valence-corrected chi connectivity index (χ0v) is 16.9. The van der Waals surface area contributed by atoms with Crippen LogP contribution in [-0.2, 0) is 6.42 Å². The maximum Gasteiger partial charge on any atom is 0.203 e. The summed E-state index contributed by atoms with van der Waals surface area (Å²) < 4.78 is 21.5. The predicted octanol–water partition coefficient (Wildman–Crippen LogP) is 3.73. The van der Waals surface area contributed by atoms with Gasteiger partial charge in [0.05, 0.1) is 34.0 Å². The van der Waals surface area contributed by atoms with Gasteiger partial charge in [0.1, 0.15) is 0 Å². The third kappa shape index (κ3) is 3.44. The molecule has 2 aromatic carbocycles. The lowest BCUT2D eigenvalue weighted by atomic mass is 9.91. The van der Waals surface area contributed by atoms with Crippen LogP contribution in [0.4, 0.5) is 0 Å². The number of carbonyl (C=O) groups is 1. The van der Waals surface area contributed by atoms with E-state index >= 15 is 0 Å². The Hall–Kier alpha value is -3.35. The summed E-state index contributed by atoms with van der Waals surface area (Å²) in [6.45, 7) is 0. The minimum absolute atomic E-state index is 0.0175. The molecule has 29 heavy (non-hydrogen) atoms. The second kappa shape index (κ2) is 8.34. The fourth-order valence-electron chi connectivity index (χ4n) is 3.61. The summed E-state index contributed by atoms with van der Waals surface area (Å²) in [7, 11) is 5.95. The molecule has 0 amide bonds. The molecule has 0 bridgehead atoms. The predicted molar refractivity (Wildman–Crippen MR) is 108 cm³/mol. The molecule has 3 rings (SSSR count). The molecule has 0 radical (unpaired) electrons. The van der Waals surface area contributed by atoms with E-state index in [-0.39, 0.29) is 11.3 Å². The number of carbonyl (C=O) groups excluding carboxylic acids is 1. The molecule has 1 aliphatic carbocycles. The number of benzene rings is 2. The van der Waals surface area contributed by atoms with Crippen LogP contribution >= 0.6 is 0 Å². The highest BCUT2D eigenvalue weighted by molar-refractivity contribution is 6.30. The molecule has 0 saturated heterocycles. The Bertz CT molecular complexity index is 976. The molecule has 0 unspecified atom stereocenters. The first-order valence-corrected chi connectivity index (χ1v) is 9.14. The normalized spacial score (nSPS) is 13.0. The molecule has 7 heteroatoms. The molecular formula is C22H24O7. The van der Waals surface area contributed by atoms with Crippen LogP contribution in [0.3, 0.4) is 0 Å². The standard InChI is InChI=1S/C22H24O7/c1-26-16-10-9-14(19(24)20(16)25)18(23)12-7-5-6-8-13-15(12)11-17(27-2)22(29-4)21(13)28-3/h7,9-11,24-25H,5-6,8H2,1-4H3. The zero-order valence-electron chi connectivity index (χ0n) is 16.9. The van der Waals surface area contributed by atoms with Crippen molar-refractivity contribution in [2.75, 3.05) is 28.4 Å². The monoisotopic (exact) mass is 400 g/mol. The van der Waals surface area contributed by atoms with E-state index in [2.05, 4.69) is 0 Å². The highest BCUT2D eigenvalue weighted by Gasteiger charge is 2.28. The molecule has 0 saturated carbocycles. The summed E-state index contributed by atoms with van der Waals surface area (Å²) in [5, 5.41) is 20.5. The van der Waals surface area contributed by atoms with Gasteiger partial charge in [-0.05, 0) is 43.0 Å². The van der Waals surface area contributed by atoms with Crippen LogP contribution in [0, 0.1) is 0 Å². The van der Waals surface area contributed by atoms with E-state index in [1.165, 1.54) is 33.5 Å². The minimum Gasteiger partial charge on any atom is -0.504 e. The summed E-state index contributed by atoms with van der Waals surface area (Å²) in [5.74, 6) is 0.0913. The number of phenolic OH excluding ortho intramolecular Hbond substituents is 2. The van der Waals surface area contributed by atoms with Crippen molar-refractivity contribution in [3.63, 3.8) is 0 Å². The molecule has 2 N–H and O–H groups in total. The smallest absolute Gasteiger partial charge is 0.203 e. The second-order valence-electron chi connectivity index (χ2n) is 6.52. The summed E-state index contributed by atoms with van der Waals surface area (Å²) in [5.41, 5.74) is 1.86. The molecule has 2 aromatic rings. The molecule has 1 aliphatic rings. The van der Waals surface area contributed by atoms with Crippen LogP contribution in [0.1, 0.15) is 34.3 Å². The lowest BCUT2D eigenvalue weighted by Crippen LogP contribution is -2.08. The second-order valence-corrected chi connectivity index (χ2v) is 6.52. The van der Waals surface area contributed by atoms with E-state index in [9.17, 15) is 15.0 Å². The zero-order chi connectivity index (χ0) is 21.1. The third-order valence-corrected chi connectivity index (χ3v) is 5.03. The molecule has 154 valence electrons. The first kappa shape index (κ1) is 20.4. The Morgan fingerprint density at radius 1 is 0.897 bits per heavy atom. The van der Waals surface area contributed by atoms with Crippen LogP contribution in [-0.4, -0.2) is 44.4 Å². The largest absolute Gasteiger partial charge is 0.504 e. The van der Waals surface area contributed by atoms with E-state index in [4.69, 9.17) is 18.9 Å². The highest BCUT2D eigenvalue weighted by Crippen LogP contribution is 2.47. The van der Waals surface area contributed by atoms with Crippen LogP contribution in [0.2, 0.25) is 0 Å². The van der Waals surface area contributed by atoms with E-state index in [0.717, 1.165) is 12.0 Å². The Kier molecular flexibility index (Phi) is 5.87. The van der Waals surface area contributed by atoms with Crippen molar-refractivity contribution in [2.24, 2.45) is 0 Å². The van der Waals surface area contributed by atoms with Gasteiger partial charge in [0.2, 0.25) is 11.5 Å². The summed E-state index contributed by atoms with van der Waals surface area (Å²) in [6, 6.07) is 4.61. The number of rotatable bonds is 6. The molecule has 0 atom stereocenters. The van der Waals surface area contributed by atoms with E-state index in [0.29, 0.717) is 41.2 Å². The Balaban J connectivity index is 2.20. The fourth-order valence-corrected chi connectivity index (χ4v) is 3.61.